The molecule has 0 aromatic carbocycles. The van der Waals surface area contributed by atoms with Crippen LogP contribution in [0, 0.1) is 0 Å². The van der Waals surface area contributed by atoms with Gasteiger partial charge >= 0.3 is 17.9 Å². The molecule has 0 aliphatic rings. The van der Waals surface area contributed by atoms with Crippen molar-refractivity contribution in [3.63, 3.8) is 0 Å². The fraction of sp³-hybridized carbons (Fsp3) is 0.623. The summed E-state index contributed by atoms with van der Waals surface area (Å²) in [5.41, 5.74) is 0. The Hall–Kier alpha value is -4.97. The highest BCUT2D eigenvalue weighted by Crippen LogP contribution is 2.16. The van der Waals surface area contributed by atoms with Gasteiger partial charge in [0, 0.05) is 19.3 Å². The number of rotatable bonds is 60. The van der Waals surface area contributed by atoms with Crippen LogP contribution in [0.25, 0.3) is 0 Å². The van der Waals surface area contributed by atoms with Gasteiger partial charge in [0.05, 0.1) is 0 Å². The summed E-state index contributed by atoms with van der Waals surface area (Å²) in [5, 5.41) is 0. The van der Waals surface area contributed by atoms with E-state index in [0.717, 1.165) is 161 Å². The van der Waals surface area contributed by atoms with Gasteiger partial charge in [-0.25, -0.2) is 0 Å². The van der Waals surface area contributed by atoms with E-state index >= 15 is 0 Å². The topological polar surface area (TPSA) is 78.9 Å². The zero-order valence-electron chi connectivity index (χ0n) is 53.7. The van der Waals surface area contributed by atoms with Crippen LogP contribution in [-0.4, -0.2) is 37.2 Å². The van der Waals surface area contributed by atoms with Crippen LogP contribution in [0.5, 0.6) is 0 Å². The van der Waals surface area contributed by atoms with Crippen molar-refractivity contribution in [3.8, 4) is 0 Å². The number of esters is 3. The average molecular weight is 1150 g/mol. The molecule has 468 valence electrons. The maximum absolute atomic E-state index is 12.9. The lowest BCUT2D eigenvalue weighted by atomic mass is 10.0. The number of carbonyl (C=O) groups is 3. The van der Waals surface area contributed by atoms with Crippen LogP contribution in [-0.2, 0) is 28.6 Å². The predicted molar refractivity (Wildman–Crippen MR) is 362 cm³/mol. The lowest BCUT2D eigenvalue weighted by Crippen LogP contribution is -2.30. The first-order chi connectivity index (χ1) is 41.0. The van der Waals surface area contributed by atoms with Crippen molar-refractivity contribution in [2.45, 2.75) is 297 Å². The molecule has 1 unspecified atom stereocenters. The fourth-order valence-corrected chi connectivity index (χ4v) is 9.01. The van der Waals surface area contributed by atoms with E-state index in [-0.39, 0.29) is 37.5 Å². The van der Waals surface area contributed by atoms with E-state index in [2.05, 4.69) is 179 Å². The van der Waals surface area contributed by atoms with E-state index in [9.17, 15) is 14.4 Å². The standard InChI is InChI=1S/C77H124O6/c1-4-7-10-13-16-19-22-25-28-30-32-33-34-35-36-37-38-39-40-41-42-43-45-46-49-52-55-58-61-64-67-70-76(79)82-73-74(72-81-75(78)69-66-63-60-57-54-51-48-27-24-21-18-15-12-9-6-3)83-77(80)71-68-65-62-59-56-53-50-47-44-31-29-26-23-20-17-14-11-8-5-2/h7-8,10-11,16-17,19-20,25-26,28-29,32-33,35-36,38-39,41-42,44-47,53,56,74H,4-6,9,12-15,18,21-24,27,30-31,34,37,40,43,48-52,54-55,57-73H2,1-3H3/b10-7-,11-8-,19-16-,20-17-,28-25-,29-26-,33-32-,36-35-,39-38-,42-41-,46-45-,47-44-,56-53-. The van der Waals surface area contributed by atoms with Crippen LogP contribution in [0.1, 0.15) is 290 Å². The Kier molecular flexibility index (Phi) is 65.4. The van der Waals surface area contributed by atoms with Crippen LogP contribution < -0.4 is 0 Å². The van der Waals surface area contributed by atoms with Crippen LogP contribution in [0.15, 0.2) is 158 Å². The molecule has 0 spiro atoms. The summed E-state index contributed by atoms with van der Waals surface area (Å²) in [4.78, 5) is 38.4. The minimum atomic E-state index is -0.809. The number of hydrogen-bond acceptors (Lipinski definition) is 6. The molecule has 0 saturated carbocycles. The van der Waals surface area contributed by atoms with E-state index in [0.29, 0.717) is 12.8 Å². The molecule has 0 radical (unpaired) electrons. The fourth-order valence-electron chi connectivity index (χ4n) is 9.01. The molecule has 6 nitrogen and oxygen atoms in total. The number of allylic oxidation sites excluding steroid dienone is 26. The van der Waals surface area contributed by atoms with Crippen LogP contribution in [0.2, 0.25) is 0 Å². The van der Waals surface area contributed by atoms with Gasteiger partial charge in [-0.1, -0.05) is 301 Å². The van der Waals surface area contributed by atoms with Crippen molar-refractivity contribution in [3.05, 3.63) is 158 Å². The van der Waals surface area contributed by atoms with E-state index in [1.807, 2.05) is 0 Å². The Balaban J connectivity index is 4.42. The molecule has 0 aromatic heterocycles. The molecular weight excluding hydrogens is 1020 g/mol. The zero-order valence-corrected chi connectivity index (χ0v) is 53.7. The third-order valence-corrected chi connectivity index (χ3v) is 14.0. The Morgan fingerprint density at radius 2 is 0.470 bits per heavy atom. The molecule has 0 rings (SSSR count). The van der Waals surface area contributed by atoms with Crippen molar-refractivity contribution >= 4 is 17.9 Å². The minimum absolute atomic E-state index is 0.0996. The molecule has 83 heavy (non-hydrogen) atoms. The molecule has 0 aliphatic heterocycles. The number of hydrogen-bond donors (Lipinski definition) is 0. The summed E-state index contributed by atoms with van der Waals surface area (Å²) in [6, 6.07) is 0. The highest BCUT2D eigenvalue weighted by Gasteiger charge is 2.19. The van der Waals surface area contributed by atoms with E-state index in [4.69, 9.17) is 14.2 Å². The summed E-state index contributed by atoms with van der Waals surface area (Å²) >= 11 is 0. The van der Waals surface area contributed by atoms with E-state index in [1.54, 1.807) is 0 Å². The van der Waals surface area contributed by atoms with Gasteiger partial charge in [-0.15, -0.1) is 0 Å². The number of unbranched alkanes of at least 4 members (excludes halogenated alkanes) is 23. The Morgan fingerprint density at radius 3 is 0.747 bits per heavy atom. The van der Waals surface area contributed by atoms with Crippen molar-refractivity contribution in [1.82, 2.24) is 0 Å². The summed E-state index contributed by atoms with van der Waals surface area (Å²) < 4.78 is 16.9. The SMILES string of the molecule is CC/C=C\C/C=C\C/C=C\C/C=C\C/C=C\C/C=C\C/C=C\C/C=C\CCCCCCCCC(=O)OCC(COC(=O)CCCCCCCCCCCCCCCCC)OC(=O)CCCCC/C=C\C/C=C\C/C=C\C/C=C\C/C=C\CC. The molecule has 6 heteroatoms. The van der Waals surface area contributed by atoms with Crippen molar-refractivity contribution in [2.24, 2.45) is 0 Å². The van der Waals surface area contributed by atoms with Gasteiger partial charge < -0.3 is 14.2 Å². The Morgan fingerprint density at radius 1 is 0.253 bits per heavy atom. The van der Waals surface area contributed by atoms with Gasteiger partial charge in [0.1, 0.15) is 13.2 Å². The van der Waals surface area contributed by atoms with Crippen molar-refractivity contribution in [1.29, 1.82) is 0 Å². The summed E-state index contributed by atoms with van der Waals surface area (Å²) in [6.45, 7) is 6.39. The third kappa shape index (κ3) is 67.7. The average Bonchev–Trinajstić information content (AvgIpc) is 3.49. The minimum Gasteiger partial charge on any atom is -0.462 e. The van der Waals surface area contributed by atoms with E-state index in [1.165, 1.54) is 89.9 Å². The van der Waals surface area contributed by atoms with Crippen LogP contribution in [0.4, 0.5) is 0 Å². The Bertz CT molecular complexity index is 1840. The second kappa shape index (κ2) is 69.5. The van der Waals surface area contributed by atoms with Gasteiger partial charge in [0.25, 0.3) is 0 Å². The first-order valence-electron chi connectivity index (χ1n) is 34.0. The van der Waals surface area contributed by atoms with Gasteiger partial charge in [0.2, 0.25) is 0 Å². The van der Waals surface area contributed by atoms with Crippen molar-refractivity contribution in [2.75, 3.05) is 13.2 Å². The second-order valence-corrected chi connectivity index (χ2v) is 22.0. The molecule has 0 N–H and O–H groups in total. The molecule has 0 fully saturated rings. The van der Waals surface area contributed by atoms with Gasteiger partial charge in [-0.05, 0) is 128 Å². The van der Waals surface area contributed by atoms with Gasteiger partial charge in [0.15, 0.2) is 6.10 Å². The van der Waals surface area contributed by atoms with Crippen LogP contribution in [0.3, 0.4) is 0 Å². The maximum atomic E-state index is 12.9. The molecule has 1 atom stereocenters. The third-order valence-electron chi connectivity index (χ3n) is 14.0. The van der Waals surface area contributed by atoms with E-state index < -0.39 is 6.10 Å². The Labute approximate surface area is 511 Å². The largest absolute Gasteiger partial charge is 0.462 e. The molecule has 0 bridgehead atoms. The van der Waals surface area contributed by atoms with Crippen LogP contribution >= 0.6 is 0 Å². The predicted octanol–water partition coefficient (Wildman–Crippen LogP) is 23.7. The lowest BCUT2D eigenvalue weighted by molar-refractivity contribution is -0.167. The lowest BCUT2D eigenvalue weighted by Gasteiger charge is -2.18. The first kappa shape index (κ1) is 78.0. The molecule has 0 amide bonds. The second-order valence-electron chi connectivity index (χ2n) is 22.0. The molecule has 0 aliphatic carbocycles. The summed E-state index contributed by atoms with van der Waals surface area (Å²) in [5.74, 6) is -0.945. The highest BCUT2D eigenvalue weighted by atomic mass is 16.6. The highest BCUT2D eigenvalue weighted by molar-refractivity contribution is 5.71. The maximum Gasteiger partial charge on any atom is 0.306 e. The van der Waals surface area contributed by atoms with Crippen molar-refractivity contribution < 1.29 is 28.6 Å². The molecular formula is C77H124O6. The zero-order chi connectivity index (χ0) is 59.9. The van der Waals surface area contributed by atoms with Gasteiger partial charge in [-0.3, -0.25) is 14.4 Å². The molecule has 0 saturated heterocycles. The number of ether oxygens (including phenoxy) is 3. The number of carbonyl (C=O) groups excluding carboxylic acids is 3. The molecule has 0 aromatic rings. The first-order valence-corrected chi connectivity index (χ1v) is 34.0. The molecule has 0 heterocycles. The summed E-state index contributed by atoms with van der Waals surface area (Å²) in [7, 11) is 0. The van der Waals surface area contributed by atoms with Gasteiger partial charge in [-0.2, -0.15) is 0 Å². The normalized spacial score (nSPS) is 13.1. The quantitative estimate of drug-likeness (QED) is 0.0261. The summed E-state index contributed by atoms with van der Waals surface area (Å²) in [6.07, 6.45) is 101. The monoisotopic (exact) mass is 1140 g/mol. The smallest absolute Gasteiger partial charge is 0.306 e.